The van der Waals surface area contributed by atoms with Crippen molar-refractivity contribution < 1.29 is 4.79 Å². The fourth-order valence-electron chi connectivity index (χ4n) is 4.02. The first kappa shape index (κ1) is 20.5. The molecule has 7 nitrogen and oxygen atoms in total. The zero-order valence-electron chi connectivity index (χ0n) is 16.9. The maximum atomic E-state index is 13.6. The summed E-state index contributed by atoms with van der Waals surface area (Å²) >= 11 is 7.45. The van der Waals surface area contributed by atoms with Gasteiger partial charge in [-0.1, -0.05) is 29.8 Å². The summed E-state index contributed by atoms with van der Waals surface area (Å²) in [4.78, 5) is 32.3. The van der Waals surface area contributed by atoms with Crippen LogP contribution in [-0.4, -0.2) is 35.7 Å². The van der Waals surface area contributed by atoms with Crippen LogP contribution in [0.3, 0.4) is 0 Å². The highest BCUT2D eigenvalue weighted by Gasteiger charge is 2.27. The van der Waals surface area contributed by atoms with Crippen molar-refractivity contribution in [3.8, 4) is 11.1 Å². The molecule has 9 heteroatoms. The van der Waals surface area contributed by atoms with Crippen LogP contribution in [0.4, 0.5) is 0 Å². The van der Waals surface area contributed by atoms with Gasteiger partial charge in [-0.2, -0.15) is 8.75 Å². The third-order valence-corrected chi connectivity index (χ3v) is 6.40. The molecule has 0 radical (unpaired) electrons. The fourth-order valence-corrected chi connectivity index (χ4v) is 4.67. The minimum atomic E-state index is -0.157. The Morgan fingerprint density at radius 2 is 1.94 bits per heavy atom. The maximum absolute atomic E-state index is 13.6. The van der Waals surface area contributed by atoms with Crippen molar-refractivity contribution in [3.05, 3.63) is 98.9 Å². The van der Waals surface area contributed by atoms with Crippen molar-refractivity contribution in [2.45, 2.75) is 19.5 Å². The molecule has 0 N–H and O–H groups in total. The number of carbonyl (C=O) groups excluding carboxylic acids is 1. The molecule has 0 saturated heterocycles. The zero-order chi connectivity index (χ0) is 22.1. The Balaban J connectivity index is 1.62. The summed E-state index contributed by atoms with van der Waals surface area (Å²) < 4.78 is 9.81. The normalized spacial score (nSPS) is 13.1. The van der Waals surface area contributed by atoms with Crippen LogP contribution < -0.4 is 5.56 Å². The topological polar surface area (TPSA) is 81.0 Å². The van der Waals surface area contributed by atoms with E-state index >= 15 is 0 Å². The summed E-state index contributed by atoms with van der Waals surface area (Å²) in [5, 5.41) is 0.511. The van der Waals surface area contributed by atoms with Crippen molar-refractivity contribution in [2.24, 2.45) is 0 Å². The fraction of sp³-hybridized carbons (Fsp3) is 0.174. The number of hydrogen-bond acceptors (Lipinski definition) is 6. The Kier molecular flexibility index (Phi) is 5.55. The molecule has 32 heavy (non-hydrogen) atoms. The van der Waals surface area contributed by atoms with E-state index in [2.05, 4.69) is 13.7 Å². The summed E-state index contributed by atoms with van der Waals surface area (Å²) in [6.07, 6.45) is 5.49. The van der Waals surface area contributed by atoms with E-state index in [4.69, 9.17) is 11.6 Å². The lowest BCUT2D eigenvalue weighted by atomic mass is 9.98. The van der Waals surface area contributed by atoms with Crippen molar-refractivity contribution in [1.82, 2.24) is 23.2 Å². The molecular weight excluding hydrogens is 446 g/mol. The summed E-state index contributed by atoms with van der Waals surface area (Å²) in [6, 6.07) is 13.0. The molecule has 0 fully saturated rings. The number of hydrogen-bond donors (Lipinski definition) is 0. The molecular formula is C23H18ClN5O2S. The highest BCUT2D eigenvalue weighted by Crippen LogP contribution is 2.29. The van der Waals surface area contributed by atoms with E-state index in [1.54, 1.807) is 27.9 Å². The van der Waals surface area contributed by atoms with E-state index in [0.29, 0.717) is 47.9 Å². The first-order valence-electron chi connectivity index (χ1n) is 10.1. The molecule has 5 rings (SSSR count). The first-order valence-corrected chi connectivity index (χ1v) is 11.2. The number of aromatic nitrogens is 4. The van der Waals surface area contributed by atoms with Gasteiger partial charge in [-0.15, -0.1) is 0 Å². The largest absolute Gasteiger partial charge is 0.332 e. The average molecular weight is 464 g/mol. The highest BCUT2D eigenvalue weighted by atomic mass is 35.5. The summed E-state index contributed by atoms with van der Waals surface area (Å²) in [5.41, 5.74) is 4.28. The van der Waals surface area contributed by atoms with Gasteiger partial charge >= 0.3 is 0 Å². The summed E-state index contributed by atoms with van der Waals surface area (Å²) in [6.45, 7) is 1.32. The van der Waals surface area contributed by atoms with Gasteiger partial charge in [0.05, 0.1) is 24.5 Å². The van der Waals surface area contributed by atoms with Crippen LogP contribution >= 0.6 is 23.3 Å². The minimum absolute atomic E-state index is 0.0999. The van der Waals surface area contributed by atoms with E-state index in [1.165, 1.54) is 6.20 Å². The van der Waals surface area contributed by atoms with Gasteiger partial charge in [0.2, 0.25) is 0 Å². The Morgan fingerprint density at radius 3 is 2.69 bits per heavy atom. The molecule has 4 heterocycles. The Bertz CT molecular complexity index is 1340. The van der Waals surface area contributed by atoms with Gasteiger partial charge in [-0.25, -0.2) is 0 Å². The molecule has 0 unspecified atom stereocenters. The number of rotatable bonds is 4. The minimum Gasteiger partial charge on any atom is -0.332 e. The standard InChI is InChI=1S/C23H18ClN5O2S/c24-19-4-2-1-3-17(19)18-11-16-14-28(23(31)20-12-26-32-27-20)10-7-21(16)29(22(18)30)13-15-5-8-25-9-6-15/h1-6,8-9,11-12H,7,10,13-14H2. The van der Waals surface area contributed by atoms with Gasteiger partial charge in [-0.05, 0) is 35.4 Å². The van der Waals surface area contributed by atoms with E-state index in [1.807, 2.05) is 36.4 Å². The van der Waals surface area contributed by atoms with Gasteiger partial charge in [-0.3, -0.25) is 14.6 Å². The molecule has 0 bridgehead atoms. The number of benzene rings is 1. The third kappa shape index (κ3) is 3.83. The number of nitrogens with zero attached hydrogens (tertiary/aromatic N) is 5. The molecule has 1 amide bonds. The first-order chi connectivity index (χ1) is 15.6. The molecule has 3 aromatic heterocycles. The highest BCUT2D eigenvalue weighted by molar-refractivity contribution is 6.99. The van der Waals surface area contributed by atoms with Gasteiger partial charge in [0.25, 0.3) is 11.5 Å². The molecule has 0 saturated carbocycles. The lowest BCUT2D eigenvalue weighted by Gasteiger charge is -2.31. The van der Waals surface area contributed by atoms with Crippen LogP contribution in [0.5, 0.6) is 0 Å². The molecule has 1 aliphatic heterocycles. The SMILES string of the molecule is O=C(c1cnsn1)N1CCc2c(cc(-c3ccccc3Cl)c(=O)n2Cc2ccncc2)C1. The Morgan fingerprint density at radius 1 is 1.12 bits per heavy atom. The van der Waals surface area contributed by atoms with Gasteiger partial charge in [0.15, 0.2) is 5.69 Å². The van der Waals surface area contributed by atoms with Gasteiger partial charge in [0.1, 0.15) is 0 Å². The van der Waals surface area contributed by atoms with E-state index in [0.717, 1.165) is 28.5 Å². The lowest BCUT2D eigenvalue weighted by molar-refractivity contribution is 0.0727. The van der Waals surface area contributed by atoms with Crippen LogP contribution in [0.15, 0.2) is 65.8 Å². The quantitative estimate of drug-likeness (QED) is 0.461. The molecule has 0 atom stereocenters. The van der Waals surface area contributed by atoms with Crippen LogP contribution in [0.2, 0.25) is 5.02 Å². The third-order valence-electron chi connectivity index (χ3n) is 5.59. The zero-order valence-corrected chi connectivity index (χ0v) is 18.5. The summed E-state index contributed by atoms with van der Waals surface area (Å²) in [5.74, 6) is -0.157. The van der Waals surface area contributed by atoms with E-state index in [-0.39, 0.29) is 11.5 Å². The molecule has 1 aromatic carbocycles. The number of carbonyl (C=O) groups is 1. The van der Waals surface area contributed by atoms with Crippen molar-refractivity contribution in [1.29, 1.82) is 0 Å². The number of amides is 1. The Labute approximate surface area is 193 Å². The summed E-state index contributed by atoms with van der Waals surface area (Å²) in [7, 11) is 0. The number of halogens is 1. The van der Waals surface area contributed by atoms with Crippen LogP contribution in [0.1, 0.15) is 27.3 Å². The smallest absolute Gasteiger partial charge is 0.275 e. The molecule has 0 aliphatic carbocycles. The van der Waals surface area contributed by atoms with Crippen molar-refractivity contribution >= 4 is 29.2 Å². The second-order valence-electron chi connectivity index (χ2n) is 7.53. The van der Waals surface area contributed by atoms with Crippen LogP contribution in [-0.2, 0) is 19.5 Å². The monoisotopic (exact) mass is 463 g/mol. The van der Waals surface area contributed by atoms with Crippen molar-refractivity contribution in [2.75, 3.05) is 6.54 Å². The maximum Gasteiger partial charge on any atom is 0.275 e. The predicted molar refractivity (Wildman–Crippen MR) is 123 cm³/mol. The van der Waals surface area contributed by atoms with Crippen LogP contribution in [0.25, 0.3) is 11.1 Å². The van der Waals surface area contributed by atoms with Crippen molar-refractivity contribution in [3.63, 3.8) is 0 Å². The van der Waals surface area contributed by atoms with Gasteiger partial charge in [0, 0.05) is 53.7 Å². The lowest BCUT2D eigenvalue weighted by Crippen LogP contribution is -2.39. The number of pyridine rings is 2. The van der Waals surface area contributed by atoms with E-state index in [9.17, 15) is 9.59 Å². The van der Waals surface area contributed by atoms with Gasteiger partial charge < -0.3 is 9.47 Å². The second-order valence-corrected chi connectivity index (χ2v) is 8.49. The number of fused-ring (bicyclic) bond motifs is 1. The average Bonchev–Trinajstić information content (AvgIpc) is 3.36. The second kappa shape index (κ2) is 8.64. The van der Waals surface area contributed by atoms with Crippen LogP contribution in [0, 0.1) is 0 Å². The molecule has 4 aromatic rings. The predicted octanol–water partition coefficient (Wildman–Crippen LogP) is 3.66. The molecule has 160 valence electrons. The molecule has 0 spiro atoms. The van der Waals surface area contributed by atoms with E-state index < -0.39 is 0 Å². The molecule has 1 aliphatic rings. The Hall–Kier alpha value is -3.36.